The van der Waals surface area contributed by atoms with Crippen LogP contribution in [-0.4, -0.2) is 57.8 Å². The maximum absolute atomic E-state index is 15.7. The predicted octanol–water partition coefficient (Wildman–Crippen LogP) is 7.34. The fraction of sp³-hybridized carbons (Fsp3) is 0.121. The lowest BCUT2D eigenvalue weighted by Gasteiger charge is -2.34. The van der Waals surface area contributed by atoms with E-state index < -0.39 is 140 Å². The first-order valence-electron chi connectivity index (χ1n) is 15.3. The highest BCUT2D eigenvalue weighted by molar-refractivity contribution is 7.86. The molecule has 0 aliphatic carbocycles. The van der Waals surface area contributed by atoms with Crippen LogP contribution in [-0.2, 0) is 14.5 Å². The van der Waals surface area contributed by atoms with E-state index in [0.29, 0.717) is 10.6 Å². The number of thiophene rings is 1. The molecule has 0 saturated heterocycles. The van der Waals surface area contributed by atoms with Crippen LogP contribution in [0.1, 0.15) is 4.88 Å². The van der Waals surface area contributed by atoms with E-state index in [2.05, 4.69) is 0 Å². The Labute approximate surface area is 328 Å². The van der Waals surface area contributed by atoms with Crippen LogP contribution in [0.2, 0.25) is 0 Å². The molecule has 5 aromatic rings. The summed E-state index contributed by atoms with van der Waals surface area (Å²) in [4.78, 5) is 0.429. The molecule has 0 aliphatic rings. The summed E-state index contributed by atoms with van der Waals surface area (Å²) >= 11 is 1.10. The van der Waals surface area contributed by atoms with Gasteiger partial charge in [-0.25, -0.2) is 74.3 Å². The standard InChI is InChI=1S/C32H15F15NO2SSi.CHF3O3S/c1-49-13-6-4-12(5-7-13)48(11-14-3-2-10-51-14)8-9-50-52(30-24(42)18(36)15(33)19(37)25(30)43,31-26(44)20(38)16(34)21(39)27(31)45)32-28(46)22(40)17(35)23(41)29(32)47;2-1(3,4)8(5,6)7/h2-7,10-11H,8-9H2,1H3;(H,5,6,7)/q+1;/p-1. The minimum atomic E-state index is -7.46. The maximum atomic E-state index is 15.7. The lowest BCUT2D eigenvalue weighted by molar-refractivity contribution is -0.437. The molecule has 5 rings (SSSR count). The molecule has 0 N–H and O–H groups in total. The molecule has 0 saturated carbocycles. The first-order chi connectivity index (χ1) is 27.8. The second-order valence-electron chi connectivity index (χ2n) is 11.3. The van der Waals surface area contributed by atoms with Gasteiger partial charge in [0.2, 0.25) is 23.1 Å². The summed E-state index contributed by atoms with van der Waals surface area (Å²) in [6.07, 6.45) is 1.31. The minimum Gasteiger partial charge on any atom is -0.741 e. The monoisotopic (exact) mass is 939 g/mol. The highest BCUT2D eigenvalue weighted by Crippen LogP contribution is 2.29. The predicted molar refractivity (Wildman–Crippen MR) is 172 cm³/mol. The van der Waals surface area contributed by atoms with Crippen LogP contribution in [0.4, 0.5) is 84.7 Å². The number of nitrogens with zero attached hydrogens (tertiary/aromatic N) is 1. The molecule has 0 atom stereocenters. The maximum Gasteiger partial charge on any atom is 0.485 e. The third kappa shape index (κ3) is 8.70. The average molecular weight is 940 g/mol. The van der Waals surface area contributed by atoms with E-state index in [0.717, 1.165) is 11.3 Å². The summed E-state index contributed by atoms with van der Waals surface area (Å²) in [7, 11) is -12.2. The number of halogens is 18. The van der Waals surface area contributed by atoms with Gasteiger partial charge in [0.1, 0.15) is 5.75 Å². The van der Waals surface area contributed by atoms with E-state index in [1.165, 1.54) is 48.2 Å². The molecule has 0 aliphatic heterocycles. The fourth-order valence-corrected chi connectivity index (χ4v) is 9.94. The molecule has 0 bridgehead atoms. The zero-order chi connectivity index (χ0) is 45.4. The van der Waals surface area contributed by atoms with Gasteiger partial charge in [0.05, 0.1) is 34.2 Å². The van der Waals surface area contributed by atoms with Gasteiger partial charge in [-0.1, -0.05) is 6.07 Å². The van der Waals surface area contributed by atoms with Crippen LogP contribution in [0.25, 0.3) is 0 Å². The molecule has 60 heavy (non-hydrogen) atoms. The highest BCUT2D eigenvalue weighted by Gasteiger charge is 2.58. The SMILES string of the molecule is COc1ccc([N+](=Cc2cccs2)CCO[Si](c2c(F)c(F)c(F)c(F)c2F)(c2c(F)c(F)c(F)c(F)c2F)c2c(F)c(F)c(F)c(F)c2F)cc1.O=S(=O)([O-])C(F)(F)F. The van der Waals surface area contributed by atoms with Crippen molar-refractivity contribution in [3.05, 3.63) is 134 Å². The Morgan fingerprint density at radius 3 is 1.23 bits per heavy atom. The Bertz CT molecular complexity index is 2340. The fourth-order valence-electron chi connectivity index (χ4n) is 5.19. The minimum absolute atomic E-state index is 0.161. The summed E-state index contributed by atoms with van der Waals surface area (Å²) in [6, 6.07) is 8.61. The van der Waals surface area contributed by atoms with E-state index in [-0.39, 0.29) is 5.69 Å². The summed E-state index contributed by atoms with van der Waals surface area (Å²) in [5, 5.41) is -6.72. The molecule has 0 radical (unpaired) electrons. The zero-order valence-corrected chi connectivity index (χ0v) is 31.3. The van der Waals surface area contributed by atoms with Gasteiger partial charge >= 0.3 is 13.8 Å². The van der Waals surface area contributed by atoms with Crippen molar-refractivity contribution < 1.29 is 106 Å². The highest BCUT2D eigenvalue weighted by atomic mass is 32.2. The van der Waals surface area contributed by atoms with Gasteiger partial charge in [0, 0.05) is 12.1 Å². The van der Waals surface area contributed by atoms with Crippen molar-refractivity contribution in [3.8, 4) is 5.75 Å². The lowest BCUT2D eigenvalue weighted by atomic mass is 10.3. The summed E-state index contributed by atoms with van der Waals surface area (Å²) in [5.41, 5.74) is -5.48. The van der Waals surface area contributed by atoms with Crippen LogP contribution in [0.15, 0.2) is 41.8 Å². The second-order valence-corrected chi connectivity index (χ2v) is 16.8. The Balaban J connectivity index is 0.000000899. The van der Waals surface area contributed by atoms with Crippen molar-refractivity contribution in [1.29, 1.82) is 0 Å². The average Bonchev–Trinajstić information content (AvgIpc) is 3.71. The molecule has 1 aromatic heterocycles. The Hall–Kier alpha value is -5.12. The van der Waals surface area contributed by atoms with E-state index in [1.54, 1.807) is 11.4 Å². The van der Waals surface area contributed by atoms with Gasteiger partial charge < -0.3 is 13.7 Å². The summed E-state index contributed by atoms with van der Waals surface area (Å²) < 4.78 is 296. The van der Waals surface area contributed by atoms with Crippen molar-refractivity contribution in [2.75, 3.05) is 20.3 Å². The van der Waals surface area contributed by atoms with Crippen molar-refractivity contribution in [2.24, 2.45) is 0 Å². The molecule has 324 valence electrons. The van der Waals surface area contributed by atoms with E-state index in [9.17, 15) is 52.7 Å². The Morgan fingerprint density at radius 2 is 0.950 bits per heavy atom. The van der Waals surface area contributed by atoms with Crippen molar-refractivity contribution in [1.82, 2.24) is 0 Å². The van der Waals surface area contributed by atoms with Crippen molar-refractivity contribution >= 4 is 57.2 Å². The second kappa shape index (κ2) is 17.8. The van der Waals surface area contributed by atoms with E-state index in [4.69, 9.17) is 22.1 Å². The van der Waals surface area contributed by atoms with Crippen LogP contribution < -0.4 is 20.3 Å². The third-order valence-electron chi connectivity index (χ3n) is 7.85. The number of alkyl halides is 3. The molecular formula is C33H15F18NO5S2Si. The molecule has 4 aromatic carbocycles. The molecule has 0 fully saturated rings. The molecule has 6 nitrogen and oxygen atoms in total. The van der Waals surface area contributed by atoms with Crippen LogP contribution >= 0.6 is 11.3 Å². The number of methoxy groups -OCH3 is 1. The first-order valence-corrected chi connectivity index (χ1v) is 19.5. The Morgan fingerprint density at radius 1 is 0.617 bits per heavy atom. The Kier molecular flexibility index (Phi) is 14.1. The van der Waals surface area contributed by atoms with Gasteiger partial charge in [-0.05, 0) is 23.6 Å². The number of rotatable bonds is 10. The van der Waals surface area contributed by atoms with Crippen molar-refractivity contribution in [2.45, 2.75) is 5.51 Å². The van der Waals surface area contributed by atoms with Gasteiger partial charge in [-0.2, -0.15) is 17.7 Å². The molecule has 0 unspecified atom stereocenters. The largest absolute Gasteiger partial charge is 0.741 e. The van der Waals surface area contributed by atoms with Crippen LogP contribution in [0, 0.1) is 87.3 Å². The number of hydrogen-bond acceptors (Lipinski definition) is 6. The molecule has 1 heterocycles. The van der Waals surface area contributed by atoms with E-state index >= 15 is 26.3 Å². The number of ether oxygens (including phenoxy) is 1. The van der Waals surface area contributed by atoms with Gasteiger partial charge in [-0.3, -0.25) is 0 Å². The first kappa shape index (κ1) is 47.6. The number of hydrogen-bond donors (Lipinski definition) is 0. The van der Waals surface area contributed by atoms with Gasteiger partial charge in [0.25, 0.3) is 0 Å². The summed E-state index contributed by atoms with van der Waals surface area (Å²) in [5.74, 6) is -46.0. The summed E-state index contributed by atoms with van der Waals surface area (Å²) in [6.45, 7) is -2.28. The van der Waals surface area contributed by atoms with Crippen molar-refractivity contribution in [3.63, 3.8) is 0 Å². The molecule has 0 spiro atoms. The van der Waals surface area contributed by atoms with E-state index in [1.807, 2.05) is 0 Å². The quantitative estimate of drug-likeness (QED) is 0.0169. The topological polar surface area (TPSA) is 78.7 Å². The van der Waals surface area contributed by atoms with Gasteiger partial charge in [-0.15, -0.1) is 11.3 Å². The van der Waals surface area contributed by atoms with Crippen LogP contribution in [0.3, 0.4) is 0 Å². The molecular weight excluding hydrogens is 925 g/mol. The lowest BCUT2D eigenvalue weighted by Crippen LogP contribution is -2.75. The third-order valence-corrected chi connectivity index (χ3v) is 13.3. The zero-order valence-electron chi connectivity index (χ0n) is 28.6. The molecule has 27 heteroatoms. The normalized spacial score (nSPS) is 12.4. The smallest absolute Gasteiger partial charge is 0.485 e. The molecule has 0 amide bonds. The van der Waals surface area contributed by atoms with Gasteiger partial charge in [0.15, 0.2) is 92.7 Å². The van der Waals surface area contributed by atoms with Crippen LogP contribution in [0.5, 0.6) is 5.75 Å². The number of benzene rings is 4.